The number of carbonyl (C=O) groups is 3. The van der Waals surface area contributed by atoms with E-state index in [-0.39, 0.29) is 57.0 Å². The first-order valence-corrected chi connectivity index (χ1v) is 11.6. The molecule has 0 fully saturated rings. The zero-order valence-corrected chi connectivity index (χ0v) is 21.3. The molecule has 2 atom stereocenters. The number of nitrogens with two attached hydrogens (primary N) is 1. The lowest BCUT2D eigenvalue weighted by Gasteiger charge is -2.23. The molecule has 2 aromatic rings. The van der Waals surface area contributed by atoms with Gasteiger partial charge < -0.3 is 20.5 Å². The summed E-state index contributed by atoms with van der Waals surface area (Å²) in [5.74, 6) is -4.50. The molecule has 0 bridgehead atoms. The summed E-state index contributed by atoms with van der Waals surface area (Å²) in [5, 5.41) is 7.72. The van der Waals surface area contributed by atoms with Crippen molar-refractivity contribution in [3.8, 4) is 5.75 Å². The highest BCUT2D eigenvalue weighted by Gasteiger charge is 2.33. The van der Waals surface area contributed by atoms with Gasteiger partial charge in [0.15, 0.2) is 18.2 Å². The van der Waals surface area contributed by atoms with Crippen LogP contribution in [0.4, 0.5) is 13.2 Å². The second kappa shape index (κ2) is 14.3. The summed E-state index contributed by atoms with van der Waals surface area (Å²) in [6.07, 6.45) is 1.14. The molecule has 1 aliphatic heterocycles. The zero-order valence-electron chi connectivity index (χ0n) is 20.5. The Morgan fingerprint density at radius 1 is 1.13 bits per heavy atom. The second-order valence-electron chi connectivity index (χ2n) is 8.27. The van der Waals surface area contributed by atoms with E-state index in [1.165, 1.54) is 6.21 Å². The molecule has 2 amide bonds. The van der Waals surface area contributed by atoms with Crippen LogP contribution in [0.15, 0.2) is 41.5 Å². The van der Waals surface area contributed by atoms with Crippen molar-refractivity contribution in [3.63, 3.8) is 0 Å². The smallest absolute Gasteiger partial charge is 0.344 e. The molecule has 0 aliphatic carbocycles. The number of nitrogens with zero attached hydrogens (tertiary/aromatic N) is 2. The van der Waals surface area contributed by atoms with Gasteiger partial charge in [0.2, 0.25) is 11.8 Å². The number of benzene rings is 2. The molecule has 1 aliphatic rings. The Morgan fingerprint density at radius 3 is 2.50 bits per heavy atom. The number of halogens is 4. The van der Waals surface area contributed by atoms with Crippen LogP contribution in [0.2, 0.25) is 0 Å². The van der Waals surface area contributed by atoms with Gasteiger partial charge in [0.25, 0.3) is 0 Å². The van der Waals surface area contributed by atoms with Crippen LogP contribution in [0.25, 0.3) is 0 Å². The molecule has 13 heteroatoms. The van der Waals surface area contributed by atoms with E-state index in [0.29, 0.717) is 17.9 Å². The molecule has 38 heavy (non-hydrogen) atoms. The summed E-state index contributed by atoms with van der Waals surface area (Å²) >= 11 is 0. The van der Waals surface area contributed by atoms with E-state index in [1.54, 1.807) is 31.2 Å². The molecule has 9 nitrogen and oxygen atoms in total. The number of carbonyl (C=O) groups excluding carboxylic acids is 3. The Hall–Kier alpha value is -3.64. The average molecular weight is 557 g/mol. The Bertz CT molecular complexity index is 1170. The molecule has 206 valence electrons. The van der Waals surface area contributed by atoms with Crippen LogP contribution >= 0.6 is 12.4 Å². The molecule has 0 radical (unpaired) electrons. The molecule has 2 aromatic carbocycles. The summed E-state index contributed by atoms with van der Waals surface area (Å²) < 4.78 is 50.5. The molecule has 0 saturated carbocycles. The fraction of sp³-hybridized carbons (Fsp3) is 0.360. The topological polar surface area (TPSA) is 123 Å². The predicted octanol–water partition coefficient (Wildman–Crippen LogP) is 2.63. The first-order chi connectivity index (χ1) is 17.7. The molecule has 3 rings (SSSR count). The number of nitrogens with one attached hydrogen (secondary N) is 1. The van der Waals surface area contributed by atoms with Crippen molar-refractivity contribution < 1.29 is 37.0 Å². The lowest BCUT2D eigenvalue weighted by molar-refractivity contribution is -0.145. The Kier molecular flexibility index (Phi) is 11.5. The lowest BCUT2D eigenvalue weighted by atomic mass is 10.0. The number of esters is 1. The normalized spacial score (nSPS) is 15.0. The lowest BCUT2D eigenvalue weighted by Crippen LogP contribution is -2.46. The van der Waals surface area contributed by atoms with E-state index in [1.807, 2.05) is 0 Å². The first kappa shape index (κ1) is 30.6. The van der Waals surface area contributed by atoms with Gasteiger partial charge in [0.1, 0.15) is 17.6 Å². The van der Waals surface area contributed by atoms with Gasteiger partial charge in [0, 0.05) is 37.7 Å². The monoisotopic (exact) mass is 556 g/mol. The predicted molar refractivity (Wildman–Crippen MR) is 134 cm³/mol. The highest BCUT2D eigenvalue weighted by molar-refractivity contribution is 5.92. The van der Waals surface area contributed by atoms with Crippen molar-refractivity contribution in [1.29, 1.82) is 0 Å². The minimum Gasteiger partial charge on any atom is -0.482 e. The van der Waals surface area contributed by atoms with Crippen LogP contribution in [-0.2, 0) is 32.1 Å². The zero-order chi connectivity index (χ0) is 26.9. The van der Waals surface area contributed by atoms with E-state index < -0.39 is 47.3 Å². The maximum Gasteiger partial charge on any atom is 0.344 e. The molecule has 1 unspecified atom stereocenters. The van der Waals surface area contributed by atoms with Crippen LogP contribution < -0.4 is 15.8 Å². The van der Waals surface area contributed by atoms with E-state index >= 15 is 0 Å². The standard InChI is InChI=1S/C25H27F3N4O5.ClH/c1-2-36-24(34)14-37-18-5-3-15(4-6-18)13-30-25(35)22-7-8-31-32(22)23(33)11-17(29)9-16-10-20(27)21(28)12-19(16)26;/h3-6,8,10,12,17,22H,2,7,9,11,13-14,29H2,1H3,(H,30,35);1H/t17-,22?;/m1./s1. The fourth-order valence-electron chi connectivity index (χ4n) is 3.62. The Morgan fingerprint density at radius 2 is 1.82 bits per heavy atom. The largest absolute Gasteiger partial charge is 0.482 e. The number of hydrazone groups is 1. The molecule has 0 aromatic heterocycles. The first-order valence-electron chi connectivity index (χ1n) is 11.6. The quantitative estimate of drug-likeness (QED) is 0.324. The van der Waals surface area contributed by atoms with Gasteiger partial charge in [-0.2, -0.15) is 5.10 Å². The van der Waals surface area contributed by atoms with Crippen LogP contribution in [0.3, 0.4) is 0 Å². The third kappa shape index (κ3) is 8.45. The van der Waals surface area contributed by atoms with Crippen LogP contribution in [0.1, 0.15) is 30.9 Å². The summed E-state index contributed by atoms with van der Waals surface area (Å²) in [6, 6.07) is 6.06. The molecule has 0 spiro atoms. The van der Waals surface area contributed by atoms with Crippen molar-refractivity contribution in [2.75, 3.05) is 13.2 Å². The molecule has 3 N–H and O–H groups in total. The van der Waals surface area contributed by atoms with Crippen molar-refractivity contribution in [2.45, 2.75) is 44.8 Å². The average Bonchev–Trinajstić information content (AvgIpc) is 3.36. The van der Waals surface area contributed by atoms with E-state index in [4.69, 9.17) is 15.2 Å². The minimum absolute atomic E-state index is 0. The van der Waals surface area contributed by atoms with Gasteiger partial charge in [-0.05, 0) is 42.7 Å². The van der Waals surface area contributed by atoms with Crippen LogP contribution in [0.5, 0.6) is 5.75 Å². The summed E-state index contributed by atoms with van der Waals surface area (Å²) in [5.41, 5.74) is 6.53. The molecule has 1 heterocycles. The number of ether oxygens (including phenoxy) is 2. The summed E-state index contributed by atoms with van der Waals surface area (Å²) in [6.45, 7) is 1.92. The minimum atomic E-state index is -1.32. The van der Waals surface area contributed by atoms with Gasteiger partial charge >= 0.3 is 5.97 Å². The maximum absolute atomic E-state index is 13.9. The van der Waals surface area contributed by atoms with Gasteiger partial charge in [-0.1, -0.05) is 12.1 Å². The van der Waals surface area contributed by atoms with Crippen molar-refractivity contribution in [2.24, 2.45) is 10.8 Å². The number of rotatable bonds is 11. The van der Waals surface area contributed by atoms with Crippen molar-refractivity contribution in [1.82, 2.24) is 10.3 Å². The summed E-state index contributed by atoms with van der Waals surface area (Å²) in [7, 11) is 0. The van der Waals surface area contributed by atoms with Crippen LogP contribution in [0, 0.1) is 17.5 Å². The van der Waals surface area contributed by atoms with Gasteiger partial charge in [-0.15, -0.1) is 12.4 Å². The molecular weight excluding hydrogens is 529 g/mol. The van der Waals surface area contributed by atoms with E-state index in [2.05, 4.69) is 10.4 Å². The summed E-state index contributed by atoms with van der Waals surface area (Å²) in [4.78, 5) is 36.8. The number of hydrogen-bond acceptors (Lipinski definition) is 7. The highest BCUT2D eigenvalue weighted by Crippen LogP contribution is 2.18. The van der Waals surface area contributed by atoms with E-state index in [9.17, 15) is 27.6 Å². The number of hydrogen-bond donors (Lipinski definition) is 2. The SMILES string of the molecule is CCOC(=O)COc1ccc(CNC(=O)C2CC=NN2C(=O)C[C@H](N)Cc2cc(F)c(F)cc2F)cc1.Cl. The Labute approximate surface area is 223 Å². The van der Waals surface area contributed by atoms with Crippen molar-refractivity contribution >= 4 is 36.4 Å². The van der Waals surface area contributed by atoms with Crippen molar-refractivity contribution in [3.05, 3.63) is 65.0 Å². The number of amides is 2. The Balaban J connectivity index is 0.00000507. The second-order valence-corrected chi connectivity index (χ2v) is 8.27. The maximum atomic E-state index is 13.9. The molecule has 0 saturated heterocycles. The van der Waals surface area contributed by atoms with Gasteiger partial charge in [-0.3, -0.25) is 9.59 Å². The fourth-order valence-corrected chi connectivity index (χ4v) is 3.62. The third-order valence-corrected chi connectivity index (χ3v) is 5.45. The molecular formula is C25H28ClF3N4O5. The third-order valence-electron chi connectivity index (χ3n) is 5.45. The van der Waals surface area contributed by atoms with E-state index in [0.717, 1.165) is 10.6 Å². The van der Waals surface area contributed by atoms with Gasteiger partial charge in [-0.25, -0.2) is 23.0 Å². The van der Waals surface area contributed by atoms with Crippen LogP contribution in [-0.4, -0.2) is 54.3 Å². The van der Waals surface area contributed by atoms with Gasteiger partial charge in [0.05, 0.1) is 6.61 Å². The highest BCUT2D eigenvalue weighted by atomic mass is 35.5.